The molecule has 0 heterocycles. The summed E-state index contributed by atoms with van der Waals surface area (Å²) in [4.78, 5) is 2.64. The molecule has 17 heavy (non-hydrogen) atoms. The van der Waals surface area contributed by atoms with Gasteiger partial charge in [0.25, 0.3) is 0 Å². The van der Waals surface area contributed by atoms with E-state index in [9.17, 15) is 0 Å². The van der Waals surface area contributed by atoms with Crippen molar-refractivity contribution in [2.75, 3.05) is 6.26 Å². The maximum Gasteiger partial charge on any atom is 0.136 e. The van der Waals surface area contributed by atoms with Gasteiger partial charge in [-0.3, -0.25) is 0 Å². The van der Waals surface area contributed by atoms with E-state index < -0.39 is 0 Å². The molecule has 98 valence electrons. The third-order valence-electron chi connectivity index (χ3n) is 4.32. The van der Waals surface area contributed by atoms with E-state index in [0.29, 0.717) is 0 Å². The van der Waals surface area contributed by atoms with Gasteiger partial charge >= 0.3 is 0 Å². The molecular weight excluding hydrogens is 246 g/mol. The van der Waals surface area contributed by atoms with Gasteiger partial charge in [0.05, 0.1) is 0 Å². The lowest BCUT2D eigenvalue weighted by Crippen LogP contribution is -2.47. The number of hydrogen-bond donors (Lipinski definition) is 0. The summed E-state index contributed by atoms with van der Waals surface area (Å²) in [5, 5.41) is 0. The molecule has 0 bridgehead atoms. The van der Waals surface area contributed by atoms with E-state index in [1.54, 1.807) is 11.8 Å². The van der Waals surface area contributed by atoms with Crippen molar-refractivity contribution in [3.8, 4) is 0 Å². The van der Waals surface area contributed by atoms with Gasteiger partial charge in [-0.2, -0.15) is 0 Å². The standard InChI is InChI=1S/C14H25NS2/c1-17-14(16)15(12-8-4-2-5-9-12)13-10-6-3-7-11-13/h12-13H,2-11H2,1H3. The summed E-state index contributed by atoms with van der Waals surface area (Å²) < 4.78 is 1.16. The first-order valence-corrected chi connectivity index (χ1v) is 8.82. The molecule has 3 heteroatoms. The molecule has 0 amide bonds. The van der Waals surface area contributed by atoms with Crippen LogP contribution in [0, 0.1) is 0 Å². The highest BCUT2D eigenvalue weighted by molar-refractivity contribution is 8.22. The van der Waals surface area contributed by atoms with Crippen molar-refractivity contribution in [1.82, 2.24) is 4.90 Å². The Hall–Kier alpha value is 0.240. The van der Waals surface area contributed by atoms with E-state index in [2.05, 4.69) is 11.2 Å². The quantitative estimate of drug-likeness (QED) is 0.676. The first kappa shape index (κ1) is 13.7. The molecule has 0 spiro atoms. The summed E-state index contributed by atoms with van der Waals surface area (Å²) >= 11 is 7.40. The van der Waals surface area contributed by atoms with Crippen LogP contribution in [-0.2, 0) is 0 Å². The smallest absolute Gasteiger partial charge is 0.136 e. The minimum Gasteiger partial charge on any atom is -0.352 e. The van der Waals surface area contributed by atoms with Gasteiger partial charge in [-0.25, -0.2) is 0 Å². The van der Waals surface area contributed by atoms with Crippen LogP contribution in [0.4, 0.5) is 0 Å². The van der Waals surface area contributed by atoms with Gasteiger partial charge in [-0.1, -0.05) is 50.7 Å². The van der Waals surface area contributed by atoms with Gasteiger partial charge in [-0.15, -0.1) is 11.8 Å². The fourth-order valence-corrected chi connectivity index (χ4v) is 4.23. The highest BCUT2D eigenvalue weighted by Crippen LogP contribution is 2.32. The van der Waals surface area contributed by atoms with E-state index in [-0.39, 0.29) is 0 Å². The van der Waals surface area contributed by atoms with Crippen LogP contribution in [0.1, 0.15) is 64.2 Å². The number of hydrogen-bond acceptors (Lipinski definition) is 2. The van der Waals surface area contributed by atoms with Crippen molar-refractivity contribution in [3.63, 3.8) is 0 Å². The summed E-state index contributed by atoms with van der Waals surface area (Å²) in [5.41, 5.74) is 0. The van der Waals surface area contributed by atoms with E-state index in [4.69, 9.17) is 12.2 Å². The zero-order valence-corrected chi connectivity index (χ0v) is 12.6. The molecule has 0 radical (unpaired) electrons. The molecule has 2 aliphatic rings. The van der Waals surface area contributed by atoms with E-state index in [1.165, 1.54) is 64.2 Å². The molecule has 2 fully saturated rings. The topological polar surface area (TPSA) is 3.24 Å². The molecule has 0 unspecified atom stereocenters. The van der Waals surface area contributed by atoms with Crippen LogP contribution in [0.3, 0.4) is 0 Å². The highest BCUT2D eigenvalue weighted by Gasteiger charge is 2.29. The highest BCUT2D eigenvalue weighted by atomic mass is 32.2. The molecule has 0 N–H and O–H groups in total. The van der Waals surface area contributed by atoms with Crippen LogP contribution in [0.5, 0.6) is 0 Å². The van der Waals surface area contributed by atoms with Gasteiger partial charge in [-0.05, 0) is 31.9 Å². The fraction of sp³-hybridized carbons (Fsp3) is 0.929. The normalized spacial score (nSPS) is 23.6. The Morgan fingerprint density at radius 3 is 1.65 bits per heavy atom. The lowest BCUT2D eigenvalue weighted by molar-refractivity contribution is 0.164. The maximum absolute atomic E-state index is 5.63. The number of thiocarbonyl (C=S) groups is 1. The largest absolute Gasteiger partial charge is 0.352 e. The second-order valence-electron chi connectivity index (χ2n) is 5.46. The molecular formula is C14H25NS2. The minimum atomic E-state index is 0.756. The number of thioether (sulfide) groups is 1. The molecule has 0 aromatic heterocycles. The lowest BCUT2D eigenvalue weighted by atomic mass is 9.89. The molecule has 2 rings (SSSR count). The summed E-state index contributed by atoms with van der Waals surface area (Å²) in [7, 11) is 0. The maximum atomic E-state index is 5.63. The summed E-state index contributed by atoms with van der Waals surface area (Å²) in [6.45, 7) is 0. The first-order valence-electron chi connectivity index (χ1n) is 7.19. The van der Waals surface area contributed by atoms with Crippen molar-refractivity contribution in [1.29, 1.82) is 0 Å². The van der Waals surface area contributed by atoms with Crippen LogP contribution >= 0.6 is 24.0 Å². The molecule has 0 aromatic rings. The lowest BCUT2D eigenvalue weighted by Gasteiger charge is -2.43. The Kier molecular flexibility index (Phi) is 5.61. The van der Waals surface area contributed by atoms with Crippen LogP contribution in [0.15, 0.2) is 0 Å². The Labute approximate surface area is 116 Å². The van der Waals surface area contributed by atoms with Crippen molar-refractivity contribution < 1.29 is 0 Å². The van der Waals surface area contributed by atoms with Crippen molar-refractivity contribution in [3.05, 3.63) is 0 Å². The zero-order valence-electron chi connectivity index (χ0n) is 11.0. The van der Waals surface area contributed by atoms with Gasteiger partial charge in [0.2, 0.25) is 0 Å². The van der Waals surface area contributed by atoms with Crippen LogP contribution < -0.4 is 0 Å². The summed E-state index contributed by atoms with van der Waals surface area (Å²) in [5.74, 6) is 0. The third-order valence-corrected chi connectivity index (χ3v) is 5.59. The predicted molar refractivity (Wildman–Crippen MR) is 81.7 cm³/mol. The van der Waals surface area contributed by atoms with Crippen LogP contribution in [0.25, 0.3) is 0 Å². The average molecular weight is 271 g/mol. The van der Waals surface area contributed by atoms with E-state index in [0.717, 1.165) is 16.4 Å². The van der Waals surface area contributed by atoms with E-state index >= 15 is 0 Å². The minimum absolute atomic E-state index is 0.756. The van der Waals surface area contributed by atoms with Crippen LogP contribution in [-0.4, -0.2) is 27.6 Å². The molecule has 0 aliphatic heterocycles. The third kappa shape index (κ3) is 3.60. The Morgan fingerprint density at radius 2 is 1.29 bits per heavy atom. The second-order valence-corrected chi connectivity index (χ2v) is 6.90. The monoisotopic (exact) mass is 271 g/mol. The molecule has 2 saturated carbocycles. The number of rotatable bonds is 2. The Bertz CT molecular complexity index is 225. The summed E-state index contributed by atoms with van der Waals surface area (Å²) in [6, 6.07) is 1.51. The molecule has 0 atom stereocenters. The Balaban J connectivity index is 2.02. The molecule has 0 saturated heterocycles. The van der Waals surface area contributed by atoms with Crippen molar-refractivity contribution in [2.45, 2.75) is 76.3 Å². The van der Waals surface area contributed by atoms with Crippen LogP contribution in [0.2, 0.25) is 0 Å². The van der Waals surface area contributed by atoms with Gasteiger partial charge in [0.1, 0.15) is 4.32 Å². The van der Waals surface area contributed by atoms with Gasteiger partial charge < -0.3 is 4.90 Å². The second kappa shape index (κ2) is 6.98. The summed E-state index contributed by atoms with van der Waals surface area (Å²) in [6.07, 6.45) is 16.1. The molecule has 0 aromatic carbocycles. The fourth-order valence-electron chi connectivity index (χ4n) is 3.42. The van der Waals surface area contributed by atoms with E-state index in [1.807, 2.05) is 0 Å². The zero-order chi connectivity index (χ0) is 12.1. The van der Waals surface area contributed by atoms with Gasteiger partial charge in [0.15, 0.2) is 0 Å². The predicted octanol–water partition coefficient (Wildman–Crippen LogP) is 4.60. The van der Waals surface area contributed by atoms with Crippen molar-refractivity contribution in [2.24, 2.45) is 0 Å². The van der Waals surface area contributed by atoms with Gasteiger partial charge in [0, 0.05) is 12.1 Å². The first-order chi connectivity index (χ1) is 8.33. The average Bonchev–Trinajstić information content (AvgIpc) is 2.41. The molecule has 2 aliphatic carbocycles. The van der Waals surface area contributed by atoms with Crippen molar-refractivity contribution >= 4 is 28.3 Å². The SMILES string of the molecule is CSC(=S)N(C1CCCCC1)C1CCCCC1. The Morgan fingerprint density at radius 1 is 0.882 bits per heavy atom. The molecule has 1 nitrogen and oxygen atoms in total. The number of nitrogens with zero attached hydrogens (tertiary/aromatic N) is 1.